The van der Waals surface area contributed by atoms with E-state index in [0.717, 1.165) is 5.06 Å². The average Bonchev–Trinajstić information content (AvgIpc) is 2.16. The second kappa shape index (κ2) is 4.09. The Balaban J connectivity index is 2.95. The normalized spacial score (nSPS) is 9.69. The Kier molecular flexibility index (Phi) is 3.09. The molecule has 0 heterocycles. The largest absolute Gasteiger partial charge is 0.276 e. The number of amides is 1. The molecule has 13 heavy (non-hydrogen) atoms. The lowest BCUT2D eigenvalue weighted by atomic mass is 9.90. The van der Waals surface area contributed by atoms with E-state index in [0.29, 0.717) is 11.0 Å². The van der Waals surface area contributed by atoms with Crippen molar-refractivity contribution in [2.45, 2.75) is 0 Å². The van der Waals surface area contributed by atoms with E-state index in [-0.39, 0.29) is 5.91 Å². The van der Waals surface area contributed by atoms with E-state index < -0.39 is 0 Å². The molecular formula is C9H10BNO2. The molecule has 0 aliphatic rings. The number of hydrogen-bond donors (Lipinski definition) is 0. The molecule has 0 spiro atoms. The van der Waals surface area contributed by atoms with Gasteiger partial charge in [-0.15, -0.1) is 0 Å². The fraction of sp³-hybridized carbons (Fsp3) is 0.222. The van der Waals surface area contributed by atoms with E-state index in [1.807, 2.05) is 0 Å². The van der Waals surface area contributed by atoms with Crippen LogP contribution in [0.25, 0.3) is 0 Å². The van der Waals surface area contributed by atoms with Crippen molar-refractivity contribution in [2.75, 3.05) is 14.2 Å². The summed E-state index contributed by atoms with van der Waals surface area (Å²) >= 11 is 0. The van der Waals surface area contributed by atoms with Gasteiger partial charge in [-0.05, 0) is 6.07 Å². The molecule has 0 bridgehead atoms. The first-order chi connectivity index (χ1) is 6.16. The van der Waals surface area contributed by atoms with E-state index in [1.54, 1.807) is 24.3 Å². The highest BCUT2D eigenvalue weighted by Crippen LogP contribution is 1.99. The van der Waals surface area contributed by atoms with Crippen LogP contribution in [0.3, 0.4) is 0 Å². The molecule has 1 aromatic rings. The fourth-order valence-electron chi connectivity index (χ4n) is 0.944. The number of benzene rings is 1. The maximum absolute atomic E-state index is 11.5. The summed E-state index contributed by atoms with van der Waals surface area (Å²) in [5.41, 5.74) is 0.906. The van der Waals surface area contributed by atoms with Crippen LogP contribution in [0.5, 0.6) is 0 Å². The average molecular weight is 175 g/mol. The first-order valence-electron chi connectivity index (χ1n) is 3.83. The van der Waals surface area contributed by atoms with Crippen molar-refractivity contribution in [2.24, 2.45) is 0 Å². The van der Waals surface area contributed by atoms with Gasteiger partial charge in [-0.1, -0.05) is 23.7 Å². The monoisotopic (exact) mass is 175 g/mol. The van der Waals surface area contributed by atoms with Crippen molar-refractivity contribution < 1.29 is 9.63 Å². The molecule has 0 saturated heterocycles. The quantitative estimate of drug-likeness (QED) is 0.471. The molecule has 0 N–H and O–H groups in total. The number of rotatable bonds is 2. The highest BCUT2D eigenvalue weighted by atomic mass is 16.7. The number of hydrogen-bond acceptors (Lipinski definition) is 2. The van der Waals surface area contributed by atoms with Crippen molar-refractivity contribution in [3.8, 4) is 0 Å². The summed E-state index contributed by atoms with van der Waals surface area (Å²) in [6.07, 6.45) is 0. The third-order valence-electron chi connectivity index (χ3n) is 1.75. The van der Waals surface area contributed by atoms with Crippen LogP contribution in [0, 0.1) is 0 Å². The zero-order valence-corrected chi connectivity index (χ0v) is 7.65. The smallest absolute Gasteiger partial charge is 0.274 e. The van der Waals surface area contributed by atoms with Crippen LogP contribution in [-0.2, 0) is 4.84 Å². The van der Waals surface area contributed by atoms with E-state index in [2.05, 4.69) is 0 Å². The predicted octanol–water partition coefficient (Wildman–Crippen LogP) is 0.114. The van der Waals surface area contributed by atoms with Gasteiger partial charge in [0.05, 0.1) is 7.11 Å². The Hall–Kier alpha value is -1.29. The Morgan fingerprint density at radius 2 is 2.08 bits per heavy atom. The topological polar surface area (TPSA) is 29.5 Å². The van der Waals surface area contributed by atoms with Crippen molar-refractivity contribution in [1.82, 2.24) is 5.06 Å². The second-order valence-electron chi connectivity index (χ2n) is 2.57. The summed E-state index contributed by atoms with van der Waals surface area (Å²) < 4.78 is 0. The van der Waals surface area contributed by atoms with Gasteiger partial charge in [0.25, 0.3) is 5.91 Å². The van der Waals surface area contributed by atoms with Gasteiger partial charge in [0.15, 0.2) is 0 Å². The lowest BCUT2D eigenvalue weighted by molar-refractivity contribution is -0.0756. The number of nitrogens with zero attached hydrogens (tertiary/aromatic N) is 1. The van der Waals surface area contributed by atoms with Gasteiger partial charge < -0.3 is 0 Å². The predicted molar refractivity (Wildman–Crippen MR) is 50.9 cm³/mol. The SMILES string of the molecule is [B]c1ccccc1C(=O)N(C)OC. The highest BCUT2D eigenvalue weighted by molar-refractivity contribution is 6.36. The zero-order valence-electron chi connectivity index (χ0n) is 7.65. The minimum atomic E-state index is -0.249. The van der Waals surface area contributed by atoms with Crippen LogP contribution in [0.2, 0.25) is 0 Å². The van der Waals surface area contributed by atoms with E-state index in [1.165, 1.54) is 14.2 Å². The minimum absolute atomic E-state index is 0.249. The minimum Gasteiger partial charge on any atom is -0.274 e. The molecule has 4 heteroatoms. The summed E-state index contributed by atoms with van der Waals surface area (Å²) in [5.74, 6) is -0.249. The molecule has 2 radical (unpaired) electrons. The van der Waals surface area contributed by atoms with Gasteiger partial charge in [0.1, 0.15) is 7.85 Å². The molecule has 0 aliphatic carbocycles. The van der Waals surface area contributed by atoms with Crippen LogP contribution in [0.15, 0.2) is 24.3 Å². The highest BCUT2D eigenvalue weighted by Gasteiger charge is 2.11. The van der Waals surface area contributed by atoms with E-state index >= 15 is 0 Å². The Bertz CT molecular complexity index is 314. The molecule has 0 unspecified atom stereocenters. The fourth-order valence-corrected chi connectivity index (χ4v) is 0.944. The lowest BCUT2D eigenvalue weighted by Gasteiger charge is -2.14. The molecule has 0 saturated carbocycles. The first kappa shape index (κ1) is 9.80. The summed E-state index contributed by atoms with van der Waals surface area (Å²) in [7, 11) is 8.57. The summed E-state index contributed by atoms with van der Waals surface area (Å²) in [6.45, 7) is 0. The molecule has 3 nitrogen and oxygen atoms in total. The summed E-state index contributed by atoms with van der Waals surface area (Å²) in [4.78, 5) is 16.3. The van der Waals surface area contributed by atoms with Crippen LogP contribution in [-0.4, -0.2) is 33.0 Å². The van der Waals surface area contributed by atoms with Gasteiger partial charge in [-0.3, -0.25) is 9.63 Å². The molecule has 0 fully saturated rings. The van der Waals surface area contributed by atoms with Gasteiger partial charge in [0.2, 0.25) is 0 Å². The second-order valence-corrected chi connectivity index (χ2v) is 2.57. The molecular weight excluding hydrogens is 165 g/mol. The molecule has 0 aliphatic heterocycles. The molecule has 0 aromatic heterocycles. The summed E-state index contributed by atoms with van der Waals surface area (Å²) in [5, 5.41) is 1.13. The third-order valence-corrected chi connectivity index (χ3v) is 1.75. The number of carbonyl (C=O) groups is 1. The number of carbonyl (C=O) groups excluding carboxylic acids is 1. The van der Waals surface area contributed by atoms with Crippen LogP contribution >= 0.6 is 0 Å². The molecule has 1 amide bonds. The molecule has 66 valence electrons. The maximum atomic E-state index is 11.5. The first-order valence-corrected chi connectivity index (χ1v) is 3.83. The van der Waals surface area contributed by atoms with Gasteiger partial charge in [-0.25, -0.2) is 5.06 Å². The van der Waals surface area contributed by atoms with Crippen LogP contribution < -0.4 is 5.46 Å². The van der Waals surface area contributed by atoms with E-state index in [4.69, 9.17) is 12.7 Å². The lowest BCUT2D eigenvalue weighted by Crippen LogP contribution is -2.29. The Morgan fingerprint density at radius 1 is 1.46 bits per heavy atom. The standard InChI is InChI=1S/C9H10BNO2/c1-11(13-2)9(12)7-5-3-4-6-8(7)10/h3-6H,1-2H3. The Morgan fingerprint density at radius 3 is 2.62 bits per heavy atom. The van der Waals surface area contributed by atoms with Crippen molar-refractivity contribution in [3.05, 3.63) is 29.8 Å². The zero-order chi connectivity index (χ0) is 9.84. The van der Waals surface area contributed by atoms with Gasteiger partial charge in [0, 0.05) is 12.6 Å². The number of hydroxylamine groups is 2. The van der Waals surface area contributed by atoms with Gasteiger partial charge >= 0.3 is 0 Å². The summed E-state index contributed by atoms with van der Waals surface area (Å²) in [6, 6.07) is 6.87. The third kappa shape index (κ3) is 2.09. The van der Waals surface area contributed by atoms with Crippen LogP contribution in [0.1, 0.15) is 10.4 Å². The Labute approximate surface area is 78.7 Å². The molecule has 1 rings (SSSR count). The van der Waals surface area contributed by atoms with Crippen molar-refractivity contribution >= 4 is 19.2 Å². The van der Waals surface area contributed by atoms with E-state index in [9.17, 15) is 4.79 Å². The van der Waals surface area contributed by atoms with Crippen LogP contribution in [0.4, 0.5) is 0 Å². The molecule has 0 atom stereocenters. The van der Waals surface area contributed by atoms with Crippen molar-refractivity contribution in [1.29, 1.82) is 0 Å². The van der Waals surface area contributed by atoms with Gasteiger partial charge in [-0.2, -0.15) is 0 Å². The maximum Gasteiger partial charge on any atom is 0.276 e. The molecule has 1 aromatic carbocycles. The van der Waals surface area contributed by atoms with Crippen molar-refractivity contribution in [3.63, 3.8) is 0 Å².